The fraction of sp³-hybridized carbons (Fsp3) is 0.136. The van der Waals surface area contributed by atoms with E-state index in [1.165, 1.54) is 12.1 Å². The van der Waals surface area contributed by atoms with Gasteiger partial charge in [0, 0.05) is 30.0 Å². The average molecular weight is 406 g/mol. The summed E-state index contributed by atoms with van der Waals surface area (Å²) in [5, 5.41) is 10.7. The Balaban J connectivity index is 1.48. The summed E-state index contributed by atoms with van der Waals surface area (Å²) >= 11 is 1.66. The summed E-state index contributed by atoms with van der Waals surface area (Å²) in [6.45, 7) is 0.632. The molecule has 29 heavy (non-hydrogen) atoms. The quantitative estimate of drug-likeness (QED) is 0.426. The van der Waals surface area contributed by atoms with Gasteiger partial charge in [0.1, 0.15) is 16.9 Å². The molecule has 0 aromatic heterocycles. The molecule has 1 atom stereocenters. The van der Waals surface area contributed by atoms with E-state index >= 15 is 0 Å². The van der Waals surface area contributed by atoms with Crippen molar-refractivity contribution in [3.8, 4) is 11.5 Å². The number of hydrogen-bond acceptors (Lipinski definition) is 5. The number of non-ortho nitro benzene ring substituents is 1. The molecule has 1 heterocycles. The van der Waals surface area contributed by atoms with Gasteiger partial charge in [0.25, 0.3) is 11.6 Å². The van der Waals surface area contributed by atoms with Crippen molar-refractivity contribution in [2.24, 2.45) is 0 Å². The van der Waals surface area contributed by atoms with Crippen molar-refractivity contribution in [3.63, 3.8) is 0 Å². The predicted octanol–water partition coefficient (Wildman–Crippen LogP) is 5.27. The van der Waals surface area contributed by atoms with Gasteiger partial charge in [-0.15, -0.1) is 11.8 Å². The highest BCUT2D eigenvalue weighted by atomic mass is 32.2. The zero-order valence-electron chi connectivity index (χ0n) is 15.4. The summed E-state index contributed by atoms with van der Waals surface area (Å²) < 4.78 is 5.78. The normalized spacial score (nSPS) is 15.9. The number of carbonyl (C=O) groups is 1. The number of benzene rings is 3. The number of nitro benzene ring substituents is 1. The van der Waals surface area contributed by atoms with Gasteiger partial charge < -0.3 is 9.64 Å². The Labute approximate surface area is 172 Å². The molecule has 1 saturated heterocycles. The molecule has 3 aromatic carbocycles. The second-order valence-electron chi connectivity index (χ2n) is 6.51. The SMILES string of the molecule is O=C(c1ccc(Oc2ccccc2)cc1)N1CCSC1c1ccc([N+](=O)[O-])cc1. The zero-order chi connectivity index (χ0) is 20.2. The lowest BCUT2D eigenvalue weighted by molar-refractivity contribution is -0.384. The number of amides is 1. The highest BCUT2D eigenvalue weighted by Gasteiger charge is 2.31. The van der Waals surface area contributed by atoms with Gasteiger partial charge >= 0.3 is 0 Å². The van der Waals surface area contributed by atoms with Crippen molar-refractivity contribution in [2.45, 2.75) is 5.37 Å². The molecule has 0 radical (unpaired) electrons. The molecule has 0 saturated carbocycles. The third kappa shape index (κ3) is 4.25. The van der Waals surface area contributed by atoms with E-state index in [-0.39, 0.29) is 17.0 Å². The van der Waals surface area contributed by atoms with Gasteiger partial charge in [-0.1, -0.05) is 18.2 Å². The van der Waals surface area contributed by atoms with Crippen LogP contribution in [0.2, 0.25) is 0 Å². The molecule has 0 bridgehead atoms. The van der Waals surface area contributed by atoms with Crippen LogP contribution in [0.1, 0.15) is 21.3 Å². The van der Waals surface area contributed by atoms with Crippen LogP contribution in [-0.4, -0.2) is 28.0 Å². The number of thioether (sulfide) groups is 1. The van der Waals surface area contributed by atoms with E-state index in [1.54, 1.807) is 53.1 Å². The molecule has 1 aliphatic rings. The lowest BCUT2D eigenvalue weighted by atomic mass is 10.1. The van der Waals surface area contributed by atoms with E-state index < -0.39 is 4.92 Å². The van der Waals surface area contributed by atoms with E-state index in [0.717, 1.165) is 17.1 Å². The Morgan fingerprint density at radius 2 is 1.62 bits per heavy atom. The van der Waals surface area contributed by atoms with Crippen molar-refractivity contribution < 1.29 is 14.5 Å². The number of nitrogens with zero attached hydrogens (tertiary/aromatic N) is 2. The van der Waals surface area contributed by atoms with E-state index in [1.807, 2.05) is 30.3 Å². The topological polar surface area (TPSA) is 72.7 Å². The van der Waals surface area contributed by atoms with Crippen LogP contribution < -0.4 is 4.74 Å². The first-order valence-electron chi connectivity index (χ1n) is 9.12. The van der Waals surface area contributed by atoms with Gasteiger partial charge in [-0.05, 0) is 54.1 Å². The summed E-state index contributed by atoms with van der Waals surface area (Å²) in [5.74, 6) is 2.16. The molecule has 6 nitrogen and oxygen atoms in total. The van der Waals surface area contributed by atoms with Crippen molar-refractivity contribution in [3.05, 3.63) is 100 Å². The Hall–Kier alpha value is -3.32. The molecule has 0 spiro atoms. The number of hydrogen-bond donors (Lipinski definition) is 0. The molecule has 1 aliphatic heterocycles. The molecule has 0 aliphatic carbocycles. The van der Waals surface area contributed by atoms with Gasteiger partial charge in [-0.2, -0.15) is 0 Å². The average Bonchev–Trinajstić information content (AvgIpc) is 3.24. The van der Waals surface area contributed by atoms with Crippen LogP contribution >= 0.6 is 11.8 Å². The largest absolute Gasteiger partial charge is 0.457 e. The molecule has 7 heteroatoms. The third-order valence-electron chi connectivity index (χ3n) is 4.62. The number of carbonyl (C=O) groups excluding carboxylic acids is 1. The molecule has 1 unspecified atom stereocenters. The number of nitro groups is 1. The van der Waals surface area contributed by atoms with E-state index in [2.05, 4.69) is 0 Å². The Morgan fingerprint density at radius 1 is 0.966 bits per heavy atom. The fourth-order valence-electron chi connectivity index (χ4n) is 3.17. The maximum atomic E-state index is 13.0. The Kier molecular flexibility index (Phi) is 5.48. The van der Waals surface area contributed by atoms with Crippen LogP contribution in [0.3, 0.4) is 0 Å². The summed E-state index contributed by atoms with van der Waals surface area (Å²) in [6.07, 6.45) is 0. The fourth-order valence-corrected chi connectivity index (χ4v) is 4.43. The van der Waals surface area contributed by atoms with Crippen LogP contribution in [0.25, 0.3) is 0 Å². The smallest absolute Gasteiger partial charge is 0.269 e. The van der Waals surface area contributed by atoms with Gasteiger partial charge in [-0.3, -0.25) is 14.9 Å². The van der Waals surface area contributed by atoms with E-state index in [0.29, 0.717) is 17.9 Å². The van der Waals surface area contributed by atoms with Gasteiger partial charge in [0.05, 0.1) is 4.92 Å². The maximum Gasteiger partial charge on any atom is 0.269 e. The molecule has 0 N–H and O–H groups in total. The first-order valence-corrected chi connectivity index (χ1v) is 10.2. The summed E-state index contributed by atoms with van der Waals surface area (Å²) in [4.78, 5) is 25.3. The molecule has 4 rings (SSSR count). The van der Waals surface area contributed by atoms with Gasteiger partial charge in [0.15, 0.2) is 0 Å². The summed E-state index contributed by atoms with van der Waals surface area (Å²) in [5.41, 5.74) is 1.51. The highest BCUT2D eigenvalue weighted by molar-refractivity contribution is 7.99. The third-order valence-corrected chi connectivity index (χ3v) is 5.88. The minimum atomic E-state index is -0.423. The lowest BCUT2D eigenvalue weighted by Gasteiger charge is -2.24. The van der Waals surface area contributed by atoms with Crippen LogP contribution in [0.15, 0.2) is 78.9 Å². The lowest BCUT2D eigenvalue weighted by Crippen LogP contribution is -2.30. The maximum absolute atomic E-state index is 13.0. The van der Waals surface area contributed by atoms with Crippen molar-refractivity contribution in [1.82, 2.24) is 4.90 Å². The standard InChI is InChI=1S/C22H18N2O4S/c25-21(16-8-12-20(13-9-16)28-19-4-2-1-3-5-19)23-14-15-29-22(23)17-6-10-18(11-7-17)24(26)27/h1-13,22H,14-15H2. The summed E-state index contributed by atoms with van der Waals surface area (Å²) in [7, 11) is 0. The molecule has 1 amide bonds. The first-order chi connectivity index (χ1) is 14.1. The molecular weight excluding hydrogens is 388 g/mol. The number of ether oxygens (including phenoxy) is 1. The Morgan fingerprint density at radius 3 is 2.28 bits per heavy atom. The molecule has 3 aromatic rings. The minimum absolute atomic E-state index is 0.0450. The van der Waals surface area contributed by atoms with Crippen molar-refractivity contribution in [1.29, 1.82) is 0 Å². The first kappa shape index (κ1) is 19.0. The number of para-hydroxylation sites is 1. The zero-order valence-corrected chi connectivity index (χ0v) is 16.2. The predicted molar refractivity (Wildman–Crippen MR) is 112 cm³/mol. The van der Waals surface area contributed by atoms with Gasteiger partial charge in [0.2, 0.25) is 0 Å². The highest BCUT2D eigenvalue weighted by Crippen LogP contribution is 2.39. The van der Waals surface area contributed by atoms with Crippen molar-refractivity contribution in [2.75, 3.05) is 12.3 Å². The minimum Gasteiger partial charge on any atom is -0.457 e. The van der Waals surface area contributed by atoms with Crippen LogP contribution in [0, 0.1) is 10.1 Å². The summed E-state index contributed by atoms with van der Waals surface area (Å²) in [6, 6.07) is 22.9. The van der Waals surface area contributed by atoms with Gasteiger partial charge in [-0.25, -0.2) is 0 Å². The molecule has 1 fully saturated rings. The Bertz CT molecular complexity index is 1010. The second kappa shape index (κ2) is 8.36. The second-order valence-corrected chi connectivity index (χ2v) is 7.70. The monoisotopic (exact) mass is 406 g/mol. The van der Waals surface area contributed by atoms with Crippen LogP contribution in [-0.2, 0) is 0 Å². The van der Waals surface area contributed by atoms with E-state index in [4.69, 9.17) is 4.74 Å². The molecule has 146 valence electrons. The number of rotatable bonds is 5. The van der Waals surface area contributed by atoms with Crippen molar-refractivity contribution >= 4 is 23.4 Å². The molecular formula is C22H18N2O4S. The van der Waals surface area contributed by atoms with E-state index in [9.17, 15) is 14.9 Å². The van der Waals surface area contributed by atoms with Crippen LogP contribution in [0.4, 0.5) is 5.69 Å². The van der Waals surface area contributed by atoms with Crippen LogP contribution in [0.5, 0.6) is 11.5 Å².